The van der Waals surface area contributed by atoms with Crippen LogP contribution < -0.4 is 10.1 Å². The number of nitrogens with zero attached hydrogens (tertiary/aromatic N) is 1. The number of nitrogens with one attached hydrogen (secondary N) is 1. The molecule has 1 heterocycles. The zero-order valence-electron chi connectivity index (χ0n) is 19.2. The van der Waals surface area contributed by atoms with E-state index in [2.05, 4.69) is 5.32 Å². The highest BCUT2D eigenvalue weighted by atomic mass is 19.1. The van der Waals surface area contributed by atoms with Gasteiger partial charge in [0.05, 0.1) is 14.2 Å². The lowest BCUT2D eigenvalue weighted by Gasteiger charge is -2.23. The zero-order chi connectivity index (χ0) is 24.1. The van der Waals surface area contributed by atoms with Gasteiger partial charge in [0, 0.05) is 30.3 Å². The van der Waals surface area contributed by atoms with Gasteiger partial charge in [-0.2, -0.15) is 0 Å². The monoisotopic (exact) mass is 462 g/mol. The van der Waals surface area contributed by atoms with Crippen LogP contribution >= 0.6 is 0 Å². The third-order valence-corrected chi connectivity index (χ3v) is 6.08. The van der Waals surface area contributed by atoms with Crippen LogP contribution in [0.15, 0.2) is 72.8 Å². The molecule has 1 aliphatic rings. The average molecular weight is 463 g/mol. The lowest BCUT2D eigenvalue weighted by Crippen LogP contribution is -2.37. The number of hydrogen-bond donors (Lipinski definition) is 1. The summed E-state index contributed by atoms with van der Waals surface area (Å²) in [6.45, 7) is 0.997. The molecule has 0 spiro atoms. The van der Waals surface area contributed by atoms with Gasteiger partial charge in [0.1, 0.15) is 17.6 Å². The van der Waals surface area contributed by atoms with Crippen LogP contribution in [0, 0.1) is 5.82 Å². The first-order valence-corrected chi connectivity index (χ1v) is 11.1. The number of benzene rings is 3. The van der Waals surface area contributed by atoms with Crippen molar-refractivity contribution in [2.75, 3.05) is 20.8 Å². The number of likely N-dealkylation sites (tertiary alicyclic amines) is 1. The van der Waals surface area contributed by atoms with E-state index in [4.69, 9.17) is 9.47 Å². The molecular weight excluding hydrogens is 435 g/mol. The van der Waals surface area contributed by atoms with Crippen molar-refractivity contribution in [2.24, 2.45) is 0 Å². The lowest BCUT2D eigenvalue weighted by atomic mass is 10.0. The van der Waals surface area contributed by atoms with Crippen LogP contribution in [-0.2, 0) is 16.1 Å². The van der Waals surface area contributed by atoms with E-state index in [1.165, 1.54) is 19.2 Å². The summed E-state index contributed by atoms with van der Waals surface area (Å²) in [5.41, 5.74) is 3.10. The molecule has 1 fully saturated rings. The number of esters is 1. The Balaban J connectivity index is 1.48. The molecule has 1 amide bonds. The summed E-state index contributed by atoms with van der Waals surface area (Å²) in [7, 11) is 2.99. The van der Waals surface area contributed by atoms with Crippen molar-refractivity contribution in [1.29, 1.82) is 0 Å². The number of amides is 1. The fourth-order valence-corrected chi connectivity index (χ4v) is 4.37. The van der Waals surface area contributed by atoms with Crippen molar-refractivity contribution in [1.82, 2.24) is 10.2 Å². The van der Waals surface area contributed by atoms with Crippen molar-refractivity contribution >= 4 is 11.9 Å². The fraction of sp³-hybridized carbons (Fsp3) is 0.259. The molecule has 0 bridgehead atoms. The predicted molar refractivity (Wildman–Crippen MR) is 127 cm³/mol. The molecule has 0 aliphatic carbocycles. The Bertz CT molecular complexity index is 1170. The molecule has 34 heavy (non-hydrogen) atoms. The summed E-state index contributed by atoms with van der Waals surface area (Å²) < 4.78 is 23.7. The van der Waals surface area contributed by atoms with Gasteiger partial charge in [-0.1, -0.05) is 42.5 Å². The van der Waals surface area contributed by atoms with Crippen molar-refractivity contribution in [3.8, 4) is 16.9 Å². The average Bonchev–Trinajstić information content (AvgIpc) is 3.26. The molecule has 3 aromatic rings. The number of rotatable bonds is 7. The molecule has 0 radical (unpaired) electrons. The predicted octanol–water partition coefficient (Wildman–Crippen LogP) is 4.05. The van der Waals surface area contributed by atoms with E-state index in [9.17, 15) is 14.0 Å². The summed E-state index contributed by atoms with van der Waals surface area (Å²) >= 11 is 0. The molecule has 3 aromatic carbocycles. The van der Waals surface area contributed by atoms with E-state index in [0.717, 1.165) is 22.4 Å². The van der Waals surface area contributed by atoms with Gasteiger partial charge in [-0.05, 0) is 47.9 Å². The summed E-state index contributed by atoms with van der Waals surface area (Å²) in [5, 5.41) is 3.06. The van der Waals surface area contributed by atoms with E-state index >= 15 is 0 Å². The summed E-state index contributed by atoms with van der Waals surface area (Å²) in [6, 6.07) is 20.3. The summed E-state index contributed by atoms with van der Waals surface area (Å²) in [5.74, 6) is -0.116. The molecular formula is C27H27FN2O4. The van der Waals surface area contributed by atoms with E-state index < -0.39 is 6.04 Å². The molecule has 4 rings (SSSR count). The molecule has 176 valence electrons. The standard InChI is InChI=1S/C27H27FN2O4/c1-33-25-9-4-3-6-21(25)16-30-17-23(15-24(30)27(32)34-2)29-26(31)20-8-5-7-19(14-20)18-10-12-22(28)13-11-18/h3-14,23-24H,15-17H2,1-2H3,(H,29,31)/t23-,24+/m1/s1. The minimum atomic E-state index is -0.467. The molecule has 7 heteroatoms. The SMILES string of the molecule is COC(=O)[C@@H]1C[C@@H](NC(=O)c2cccc(-c3ccc(F)cc3)c2)CN1Cc1ccccc1OC. The third-order valence-electron chi connectivity index (χ3n) is 6.08. The molecule has 0 unspecified atom stereocenters. The second-order valence-electron chi connectivity index (χ2n) is 8.27. The van der Waals surface area contributed by atoms with E-state index in [1.807, 2.05) is 35.2 Å². The smallest absolute Gasteiger partial charge is 0.323 e. The van der Waals surface area contributed by atoms with E-state index in [-0.39, 0.29) is 23.7 Å². The number of carbonyl (C=O) groups is 2. The van der Waals surface area contributed by atoms with Crippen molar-refractivity contribution in [3.05, 3.63) is 89.7 Å². The maximum absolute atomic E-state index is 13.3. The zero-order valence-corrected chi connectivity index (χ0v) is 19.2. The number of halogens is 1. The van der Waals surface area contributed by atoms with Gasteiger partial charge >= 0.3 is 5.97 Å². The number of methoxy groups -OCH3 is 2. The number of hydrogen-bond acceptors (Lipinski definition) is 5. The Kier molecular flexibility index (Phi) is 7.23. The number of carbonyl (C=O) groups excluding carboxylic acids is 2. The van der Waals surface area contributed by atoms with Gasteiger partial charge in [0.2, 0.25) is 0 Å². The van der Waals surface area contributed by atoms with Crippen LogP contribution in [-0.4, -0.2) is 49.6 Å². The number of ether oxygens (including phenoxy) is 2. The fourth-order valence-electron chi connectivity index (χ4n) is 4.37. The van der Waals surface area contributed by atoms with E-state index in [1.54, 1.807) is 37.4 Å². The van der Waals surface area contributed by atoms with Crippen molar-refractivity contribution in [2.45, 2.75) is 25.0 Å². The van der Waals surface area contributed by atoms with Crippen LogP contribution in [0.1, 0.15) is 22.3 Å². The second kappa shape index (κ2) is 10.5. The largest absolute Gasteiger partial charge is 0.496 e. The Morgan fingerprint density at radius 3 is 2.50 bits per heavy atom. The van der Waals surface area contributed by atoms with Crippen LogP contribution in [0.25, 0.3) is 11.1 Å². The lowest BCUT2D eigenvalue weighted by molar-refractivity contribution is -0.146. The topological polar surface area (TPSA) is 67.9 Å². The Morgan fingerprint density at radius 2 is 1.76 bits per heavy atom. The Morgan fingerprint density at radius 1 is 1.00 bits per heavy atom. The Labute approximate surface area is 198 Å². The first-order chi connectivity index (χ1) is 16.5. The molecule has 2 atom stereocenters. The van der Waals surface area contributed by atoms with Gasteiger partial charge in [-0.3, -0.25) is 14.5 Å². The maximum atomic E-state index is 13.3. The molecule has 0 saturated carbocycles. The van der Waals surface area contributed by atoms with Crippen molar-refractivity contribution < 1.29 is 23.5 Å². The van der Waals surface area contributed by atoms with Crippen LogP contribution in [0.4, 0.5) is 4.39 Å². The minimum absolute atomic E-state index is 0.221. The third kappa shape index (κ3) is 5.26. The van der Waals surface area contributed by atoms with Gasteiger partial charge in [-0.25, -0.2) is 4.39 Å². The van der Waals surface area contributed by atoms with Gasteiger partial charge in [0.25, 0.3) is 5.91 Å². The van der Waals surface area contributed by atoms with Crippen LogP contribution in [0.5, 0.6) is 5.75 Å². The van der Waals surface area contributed by atoms with Crippen LogP contribution in [0.2, 0.25) is 0 Å². The number of para-hydroxylation sites is 1. The van der Waals surface area contributed by atoms with Gasteiger partial charge in [0.15, 0.2) is 0 Å². The quantitative estimate of drug-likeness (QED) is 0.537. The molecule has 0 aromatic heterocycles. The molecule has 6 nitrogen and oxygen atoms in total. The van der Waals surface area contributed by atoms with E-state index in [0.29, 0.717) is 25.1 Å². The van der Waals surface area contributed by atoms with Crippen LogP contribution in [0.3, 0.4) is 0 Å². The molecule has 1 N–H and O–H groups in total. The maximum Gasteiger partial charge on any atom is 0.323 e. The highest BCUT2D eigenvalue weighted by Gasteiger charge is 2.38. The Hall–Kier alpha value is -3.71. The summed E-state index contributed by atoms with van der Waals surface area (Å²) in [4.78, 5) is 27.5. The van der Waals surface area contributed by atoms with Gasteiger partial charge in [-0.15, -0.1) is 0 Å². The molecule has 1 saturated heterocycles. The second-order valence-corrected chi connectivity index (χ2v) is 8.27. The van der Waals surface area contributed by atoms with Crippen molar-refractivity contribution in [3.63, 3.8) is 0 Å². The first kappa shape index (κ1) is 23.4. The summed E-state index contributed by atoms with van der Waals surface area (Å²) in [6.07, 6.45) is 0.450. The molecule has 1 aliphatic heterocycles. The normalized spacial score (nSPS) is 17.9. The minimum Gasteiger partial charge on any atom is -0.496 e. The highest BCUT2D eigenvalue weighted by Crippen LogP contribution is 2.26. The first-order valence-electron chi connectivity index (χ1n) is 11.1. The highest BCUT2D eigenvalue weighted by molar-refractivity contribution is 5.95. The van der Waals surface area contributed by atoms with Gasteiger partial charge < -0.3 is 14.8 Å².